The van der Waals surface area contributed by atoms with Crippen molar-refractivity contribution in [2.45, 2.75) is 44.6 Å². The highest BCUT2D eigenvalue weighted by atomic mass is 16.1. The summed E-state index contributed by atoms with van der Waals surface area (Å²) in [4.78, 5) is 17.0. The second-order valence-electron chi connectivity index (χ2n) is 7.31. The van der Waals surface area contributed by atoms with E-state index in [-0.39, 0.29) is 5.91 Å². The summed E-state index contributed by atoms with van der Waals surface area (Å²) >= 11 is 0. The van der Waals surface area contributed by atoms with Crippen molar-refractivity contribution in [3.8, 4) is 0 Å². The van der Waals surface area contributed by atoms with Crippen molar-refractivity contribution in [3.05, 3.63) is 42.1 Å². The van der Waals surface area contributed by atoms with Crippen LogP contribution in [-0.2, 0) is 11.2 Å². The monoisotopic (exact) mass is 362 g/mol. The molecule has 27 heavy (non-hydrogen) atoms. The van der Waals surface area contributed by atoms with Crippen LogP contribution >= 0.6 is 0 Å². The van der Waals surface area contributed by atoms with Gasteiger partial charge in [-0.3, -0.25) is 4.79 Å². The number of aryl methyl sites for hydroxylation is 1. The second-order valence-corrected chi connectivity index (χ2v) is 7.31. The summed E-state index contributed by atoms with van der Waals surface area (Å²) in [5, 5.41) is 14.5. The van der Waals surface area contributed by atoms with Crippen LogP contribution in [0.1, 0.15) is 37.7 Å². The summed E-state index contributed by atoms with van der Waals surface area (Å²) in [5.41, 5.74) is 3.68. The van der Waals surface area contributed by atoms with Gasteiger partial charge >= 0.3 is 0 Å². The third-order valence-electron chi connectivity index (χ3n) is 4.99. The number of nitrogens with one attached hydrogen (secondary N) is 3. The van der Waals surface area contributed by atoms with E-state index in [0.29, 0.717) is 12.5 Å². The highest BCUT2D eigenvalue weighted by molar-refractivity contribution is 5.91. The minimum atomic E-state index is 0.0527. The van der Waals surface area contributed by atoms with Gasteiger partial charge in [0.2, 0.25) is 5.91 Å². The molecule has 1 aromatic carbocycles. The molecule has 2 aliphatic rings. The molecule has 4 bridgehead atoms. The number of carbonyl (C=O) groups is 1. The van der Waals surface area contributed by atoms with Crippen LogP contribution in [0.5, 0.6) is 0 Å². The van der Waals surface area contributed by atoms with E-state index < -0.39 is 0 Å². The minimum Gasteiger partial charge on any atom is -0.367 e. The Kier molecular flexibility index (Phi) is 3.92. The fourth-order valence-corrected chi connectivity index (χ4v) is 3.44. The zero-order valence-corrected chi connectivity index (χ0v) is 15.0. The summed E-state index contributed by atoms with van der Waals surface area (Å²) in [6, 6.07) is 10.3. The molecule has 7 nitrogen and oxygen atoms in total. The van der Waals surface area contributed by atoms with Gasteiger partial charge in [0.15, 0.2) is 5.65 Å². The van der Waals surface area contributed by atoms with Gasteiger partial charge in [0, 0.05) is 35.5 Å². The predicted octanol–water partition coefficient (Wildman–Crippen LogP) is 3.71. The van der Waals surface area contributed by atoms with Crippen LogP contribution in [0.15, 0.2) is 36.5 Å². The van der Waals surface area contributed by atoms with Gasteiger partial charge in [0.1, 0.15) is 11.6 Å². The van der Waals surface area contributed by atoms with Crippen LogP contribution in [0.3, 0.4) is 0 Å². The molecule has 5 rings (SSSR count). The van der Waals surface area contributed by atoms with Gasteiger partial charge in [-0.25, -0.2) is 4.98 Å². The van der Waals surface area contributed by atoms with E-state index in [2.05, 4.69) is 21.0 Å². The standard InChI is InChI=1S/C20H22N6O/c27-19-7-2-1-4-13-12-21-26-18(23-14-8-9-14)11-17(25-20(13)26)22-15-5-3-6-16(10-15)24-19/h3,5-6,10-12,14,23H,1-2,4,7-9H2,(H,22,25)(H,24,27). The number of hydrogen-bond donors (Lipinski definition) is 3. The van der Waals surface area contributed by atoms with Crippen LogP contribution in [-0.4, -0.2) is 26.5 Å². The maximum atomic E-state index is 12.1. The van der Waals surface area contributed by atoms with Crippen LogP contribution in [0.25, 0.3) is 5.65 Å². The lowest BCUT2D eigenvalue weighted by Crippen LogP contribution is -2.12. The number of hydrogen-bond acceptors (Lipinski definition) is 5. The number of aromatic nitrogens is 3. The first kappa shape index (κ1) is 16.1. The molecule has 1 amide bonds. The first-order chi connectivity index (χ1) is 13.2. The second kappa shape index (κ2) is 6.57. The van der Waals surface area contributed by atoms with E-state index in [4.69, 9.17) is 4.98 Å². The summed E-state index contributed by atoms with van der Waals surface area (Å²) in [6.07, 6.45) is 7.45. The van der Waals surface area contributed by atoms with Crippen LogP contribution in [0, 0.1) is 0 Å². The molecule has 0 unspecified atom stereocenters. The molecule has 1 aliphatic carbocycles. The molecule has 2 aromatic heterocycles. The van der Waals surface area contributed by atoms with Crippen LogP contribution in [0.2, 0.25) is 0 Å². The molecule has 1 aliphatic heterocycles. The van der Waals surface area contributed by atoms with E-state index in [0.717, 1.165) is 53.5 Å². The van der Waals surface area contributed by atoms with Gasteiger partial charge in [-0.2, -0.15) is 9.61 Å². The van der Waals surface area contributed by atoms with Gasteiger partial charge in [-0.15, -0.1) is 0 Å². The molecule has 7 heteroatoms. The predicted molar refractivity (Wildman–Crippen MR) is 106 cm³/mol. The van der Waals surface area contributed by atoms with E-state index >= 15 is 0 Å². The van der Waals surface area contributed by atoms with Crippen molar-refractivity contribution < 1.29 is 4.79 Å². The van der Waals surface area contributed by atoms with Gasteiger partial charge in [0.05, 0.1) is 6.20 Å². The quantitative estimate of drug-likeness (QED) is 0.647. The summed E-state index contributed by atoms with van der Waals surface area (Å²) < 4.78 is 1.90. The maximum absolute atomic E-state index is 12.1. The molecular formula is C20H22N6O. The zero-order valence-electron chi connectivity index (χ0n) is 15.0. The molecular weight excluding hydrogens is 340 g/mol. The highest BCUT2D eigenvalue weighted by Crippen LogP contribution is 2.29. The van der Waals surface area contributed by atoms with Crippen molar-refractivity contribution in [3.63, 3.8) is 0 Å². The highest BCUT2D eigenvalue weighted by Gasteiger charge is 2.23. The number of rotatable bonds is 2. The molecule has 0 radical (unpaired) electrons. The van der Waals surface area contributed by atoms with Crippen molar-refractivity contribution in [1.82, 2.24) is 14.6 Å². The Morgan fingerprint density at radius 2 is 1.89 bits per heavy atom. The lowest BCUT2D eigenvalue weighted by Gasteiger charge is -2.13. The van der Waals surface area contributed by atoms with E-state index in [9.17, 15) is 4.79 Å². The number of nitrogens with zero attached hydrogens (tertiary/aromatic N) is 3. The van der Waals surface area contributed by atoms with E-state index in [1.54, 1.807) is 0 Å². The number of amides is 1. The Labute approximate surface area is 157 Å². The minimum absolute atomic E-state index is 0.0527. The van der Waals surface area contributed by atoms with Crippen molar-refractivity contribution in [2.24, 2.45) is 0 Å². The topological polar surface area (TPSA) is 83.4 Å². The van der Waals surface area contributed by atoms with Gasteiger partial charge in [-0.1, -0.05) is 6.07 Å². The van der Waals surface area contributed by atoms with Crippen molar-refractivity contribution >= 4 is 34.6 Å². The Morgan fingerprint density at radius 1 is 1.07 bits per heavy atom. The average molecular weight is 362 g/mol. The molecule has 0 spiro atoms. The molecule has 3 aromatic rings. The lowest BCUT2D eigenvalue weighted by molar-refractivity contribution is -0.116. The lowest BCUT2D eigenvalue weighted by atomic mass is 10.1. The third-order valence-corrected chi connectivity index (χ3v) is 4.99. The largest absolute Gasteiger partial charge is 0.367 e. The van der Waals surface area contributed by atoms with Gasteiger partial charge < -0.3 is 16.0 Å². The molecule has 0 atom stereocenters. The Morgan fingerprint density at radius 3 is 2.74 bits per heavy atom. The maximum Gasteiger partial charge on any atom is 0.224 e. The fourth-order valence-electron chi connectivity index (χ4n) is 3.44. The van der Waals surface area contributed by atoms with Crippen LogP contribution in [0.4, 0.5) is 23.0 Å². The third kappa shape index (κ3) is 3.45. The van der Waals surface area contributed by atoms with Gasteiger partial charge in [0.25, 0.3) is 0 Å². The SMILES string of the molecule is O=C1CCCCc2cnn3c(NC4CC4)cc(nc23)Nc2cccc(c2)N1. The fraction of sp³-hybridized carbons (Fsp3) is 0.350. The van der Waals surface area contributed by atoms with Gasteiger partial charge in [-0.05, 0) is 50.3 Å². The van der Waals surface area contributed by atoms with E-state index in [1.165, 1.54) is 12.8 Å². The number of benzene rings is 1. The molecule has 3 N–H and O–H groups in total. The molecule has 1 fully saturated rings. The first-order valence-corrected chi connectivity index (χ1v) is 9.56. The summed E-state index contributed by atoms with van der Waals surface area (Å²) in [6.45, 7) is 0. The normalized spacial score (nSPS) is 17.3. The first-order valence-electron chi connectivity index (χ1n) is 9.56. The molecule has 1 saturated carbocycles. The molecule has 3 heterocycles. The number of anilines is 4. The van der Waals surface area contributed by atoms with Crippen molar-refractivity contribution in [1.29, 1.82) is 0 Å². The van der Waals surface area contributed by atoms with Crippen molar-refractivity contribution in [2.75, 3.05) is 16.0 Å². The number of fused-ring (bicyclic) bond motifs is 3. The van der Waals surface area contributed by atoms with E-state index in [1.807, 2.05) is 41.0 Å². The average Bonchev–Trinajstić information content (AvgIpc) is 3.37. The van der Waals surface area contributed by atoms with Crippen LogP contribution < -0.4 is 16.0 Å². The smallest absolute Gasteiger partial charge is 0.224 e. The Balaban J connectivity index is 1.59. The Hall–Kier alpha value is -3.09. The zero-order chi connectivity index (χ0) is 18.2. The summed E-state index contributed by atoms with van der Waals surface area (Å²) in [5.74, 6) is 1.79. The number of carbonyl (C=O) groups excluding carboxylic acids is 1. The Bertz CT molecular complexity index is 1010. The molecule has 0 saturated heterocycles. The summed E-state index contributed by atoms with van der Waals surface area (Å²) in [7, 11) is 0. The molecule has 138 valence electrons.